The molecule has 5 heterocycles. The summed E-state index contributed by atoms with van der Waals surface area (Å²) in [5.74, 6) is -1.20. The van der Waals surface area contributed by atoms with Crippen LogP contribution in [-0.4, -0.2) is 44.6 Å². The van der Waals surface area contributed by atoms with E-state index in [0.29, 0.717) is 48.2 Å². The lowest BCUT2D eigenvalue weighted by molar-refractivity contribution is -0.126. The van der Waals surface area contributed by atoms with Gasteiger partial charge < -0.3 is 14.4 Å². The third-order valence-electron chi connectivity index (χ3n) is 9.14. The first-order valence-corrected chi connectivity index (χ1v) is 17.0. The summed E-state index contributed by atoms with van der Waals surface area (Å²) in [6, 6.07) is 9.03. The zero-order chi connectivity index (χ0) is 30.5. The molecule has 5 aromatic rings. The van der Waals surface area contributed by atoms with Crippen molar-refractivity contribution in [2.45, 2.75) is 71.3 Å². The van der Waals surface area contributed by atoms with Crippen LogP contribution in [0.3, 0.4) is 0 Å². The zero-order valence-electron chi connectivity index (χ0n) is 24.8. The molecular weight excluding hydrogens is 598 g/mol. The van der Waals surface area contributed by atoms with Crippen LogP contribution in [0, 0.1) is 25.6 Å². The Morgan fingerprint density at radius 1 is 1.02 bits per heavy atom. The second-order valence-corrected chi connectivity index (χ2v) is 14.3. The van der Waals surface area contributed by atoms with Crippen molar-refractivity contribution in [1.29, 1.82) is 0 Å². The van der Waals surface area contributed by atoms with Crippen LogP contribution in [0.1, 0.15) is 76.8 Å². The number of aromatic carboxylic acids is 1. The molecule has 4 aromatic heterocycles. The van der Waals surface area contributed by atoms with Gasteiger partial charge in [-0.3, -0.25) is 4.79 Å². The number of hydrogen-bond acceptors (Lipinski definition) is 7. The van der Waals surface area contributed by atoms with Gasteiger partial charge in [-0.2, -0.15) is 0 Å². The number of thiophene rings is 1. The minimum Gasteiger partial charge on any atom is -0.477 e. The van der Waals surface area contributed by atoms with Gasteiger partial charge in [-0.15, -0.1) is 22.7 Å². The average molecular weight is 632 g/mol. The van der Waals surface area contributed by atoms with Crippen molar-refractivity contribution in [3.63, 3.8) is 0 Å². The smallest absolute Gasteiger partial charge is 0.345 e. The minimum absolute atomic E-state index is 0.104. The fraction of sp³-hybridized carbons (Fsp3) is 0.412. The third-order valence-corrected chi connectivity index (χ3v) is 11.4. The minimum atomic E-state index is -0.977. The van der Waals surface area contributed by atoms with E-state index in [9.17, 15) is 14.7 Å². The molecule has 0 amide bonds. The van der Waals surface area contributed by atoms with Crippen molar-refractivity contribution in [3.05, 3.63) is 57.3 Å². The highest BCUT2D eigenvalue weighted by Gasteiger charge is 2.31. The number of pyridine rings is 1. The van der Waals surface area contributed by atoms with Gasteiger partial charge in [0.05, 0.1) is 43.7 Å². The van der Waals surface area contributed by atoms with Crippen LogP contribution in [0.15, 0.2) is 30.3 Å². The number of rotatable bonds is 7. The monoisotopic (exact) mass is 631 g/mol. The number of halogens is 1. The SMILES string of the molecule is Cc1nc(C)c(-c2ccc3cc(-c4c(C5CCCCC5)c5sc(C(=O)O)cc5n4CC(=O)C4CCOCC4)cc(F)c3n2)s1. The average Bonchev–Trinajstić information content (AvgIpc) is 3.70. The third kappa shape index (κ3) is 5.26. The molecule has 7 nitrogen and oxygen atoms in total. The van der Waals surface area contributed by atoms with E-state index in [1.54, 1.807) is 23.5 Å². The molecule has 7 rings (SSSR count). The Labute approximate surface area is 262 Å². The van der Waals surface area contributed by atoms with Crippen molar-refractivity contribution in [1.82, 2.24) is 14.5 Å². The number of thiazole rings is 1. The number of carbonyl (C=O) groups is 2. The molecule has 0 bridgehead atoms. The predicted molar refractivity (Wildman–Crippen MR) is 172 cm³/mol. The van der Waals surface area contributed by atoms with Gasteiger partial charge in [0.1, 0.15) is 16.2 Å². The molecule has 0 spiro atoms. The summed E-state index contributed by atoms with van der Waals surface area (Å²) in [5, 5.41) is 11.5. The summed E-state index contributed by atoms with van der Waals surface area (Å²) in [7, 11) is 0. The van der Waals surface area contributed by atoms with Crippen LogP contribution in [0.25, 0.3) is 42.9 Å². The standard InChI is InChI=1S/C34H34FN3O4S2/c1-18-32(43-19(2)36-18)25-9-8-22-14-23(15-24(35)30(22)37-25)31-29(21-6-4-3-5-7-21)33-26(16-28(44-33)34(40)41)38(31)17-27(39)20-10-12-42-13-11-20/h8-9,14-16,20-21H,3-7,10-13,17H2,1-2H3,(H,40,41). The number of nitrogens with zero attached hydrogens (tertiary/aromatic N) is 3. The first-order chi connectivity index (χ1) is 21.3. The lowest BCUT2D eigenvalue weighted by Gasteiger charge is -2.25. The van der Waals surface area contributed by atoms with E-state index in [0.717, 1.165) is 62.7 Å². The van der Waals surface area contributed by atoms with Crippen LogP contribution in [0.2, 0.25) is 0 Å². The second kappa shape index (κ2) is 11.8. The van der Waals surface area contributed by atoms with Gasteiger partial charge >= 0.3 is 5.97 Å². The number of carboxylic acid groups (broad SMARTS) is 1. The molecule has 0 atom stereocenters. The van der Waals surface area contributed by atoms with Crippen LogP contribution in [0.4, 0.5) is 4.39 Å². The van der Waals surface area contributed by atoms with Crippen molar-refractivity contribution < 1.29 is 23.8 Å². The Kier molecular flexibility index (Phi) is 7.84. The molecule has 1 saturated heterocycles. The highest BCUT2D eigenvalue weighted by molar-refractivity contribution is 7.21. The summed E-state index contributed by atoms with van der Waals surface area (Å²) >= 11 is 2.81. The summed E-state index contributed by atoms with van der Waals surface area (Å²) in [5.41, 5.74) is 5.18. The van der Waals surface area contributed by atoms with Crippen LogP contribution in [-0.2, 0) is 16.1 Å². The van der Waals surface area contributed by atoms with E-state index >= 15 is 4.39 Å². The van der Waals surface area contributed by atoms with Crippen LogP contribution < -0.4 is 0 Å². The molecule has 1 aliphatic heterocycles. The lowest BCUT2D eigenvalue weighted by atomic mass is 9.83. The number of Topliss-reactive ketones (excluding diaryl/α,β-unsaturated/α-hetero) is 1. The number of carboxylic acids is 1. The molecule has 44 heavy (non-hydrogen) atoms. The second-order valence-electron chi connectivity index (χ2n) is 12.0. The summed E-state index contributed by atoms with van der Waals surface area (Å²) in [4.78, 5) is 36.2. The van der Waals surface area contributed by atoms with E-state index in [2.05, 4.69) is 4.98 Å². The molecule has 2 fully saturated rings. The van der Waals surface area contributed by atoms with E-state index < -0.39 is 11.8 Å². The summed E-state index contributed by atoms with van der Waals surface area (Å²) in [6.07, 6.45) is 6.66. The van der Waals surface area contributed by atoms with Crippen molar-refractivity contribution in [3.8, 4) is 21.8 Å². The van der Waals surface area contributed by atoms with E-state index in [-0.39, 0.29) is 29.0 Å². The number of hydrogen-bond donors (Lipinski definition) is 1. The van der Waals surface area contributed by atoms with Gasteiger partial charge in [-0.05, 0) is 75.3 Å². The van der Waals surface area contributed by atoms with Gasteiger partial charge in [0.15, 0.2) is 5.78 Å². The fourth-order valence-corrected chi connectivity index (χ4v) is 9.04. The molecule has 0 radical (unpaired) electrons. The Morgan fingerprint density at radius 3 is 2.50 bits per heavy atom. The van der Waals surface area contributed by atoms with E-state index in [1.165, 1.54) is 17.8 Å². The molecular formula is C34H34FN3O4S2. The summed E-state index contributed by atoms with van der Waals surface area (Å²) in [6.45, 7) is 5.12. The highest BCUT2D eigenvalue weighted by Crippen LogP contribution is 2.47. The number of aryl methyl sites for hydroxylation is 2. The maximum Gasteiger partial charge on any atom is 0.345 e. The zero-order valence-corrected chi connectivity index (χ0v) is 26.5. The molecule has 10 heteroatoms. The molecule has 1 aromatic carbocycles. The Hall–Kier alpha value is -3.47. The van der Waals surface area contributed by atoms with Gasteiger partial charge in [-0.25, -0.2) is 19.2 Å². The largest absolute Gasteiger partial charge is 0.477 e. The topological polar surface area (TPSA) is 94.3 Å². The number of ether oxygens (including phenoxy) is 1. The van der Waals surface area contributed by atoms with Crippen molar-refractivity contribution in [2.75, 3.05) is 13.2 Å². The number of aromatic nitrogens is 3. The number of carbonyl (C=O) groups excluding carboxylic acids is 1. The first kappa shape index (κ1) is 29.3. The Bertz CT molecular complexity index is 1910. The summed E-state index contributed by atoms with van der Waals surface area (Å²) < 4.78 is 24.5. The van der Waals surface area contributed by atoms with Gasteiger partial charge in [0.25, 0.3) is 0 Å². The molecule has 1 saturated carbocycles. The quantitative estimate of drug-likeness (QED) is 0.193. The molecule has 228 valence electrons. The number of benzene rings is 1. The van der Waals surface area contributed by atoms with Crippen LogP contribution >= 0.6 is 22.7 Å². The van der Waals surface area contributed by atoms with Crippen LogP contribution in [0.5, 0.6) is 0 Å². The normalized spacial score (nSPS) is 16.7. The van der Waals surface area contributed by atoms with E-state index in [1.807, 2.05) is 36.6 Å². The maximum absolute atomic E-state index is 16.1. The number of ketones is 1. The molecule has 0 unspecified atom stereocenters. The highest BCUT2D eigenvalue weighted by atomic mass is 32.1. The Morgan fingerprint density at radius 2 is 1.80 bits per heavy atom. The maximum atomic E-state index is 16.1. The molecule has 2 aliphatic rings. The molecule has 1 aliphatic carbocycles. The van der Waals surface area contributed by atoms with E-state index in [4.69, 9.17) is 9.72 Å². The fourth-order valence-electron chi connectivity index (χ4n) is 7.03. The van der Waals surface area contributed by atoms with Gasteiger partial charge in [0, 0.05) is 30.1 Å². The van der Waals surface area contributed by atoms with Gasteiger partial charge in [0.2, 0.25) is 0 Å². The number of fused-ring (bicyclic) bond motifs is 2. The predicted octanol–water partition coefficient (Wildman–Crippen LogP) is 8.54. The first-order valence-electron chi connectivity index (χ1n) is 15.3. The lowest BCUT2D eigenvalue weighted by Crippen LogP contribution is -2.26. The Balaban J connectivity index is 1.42. The van der Waals surface area contributed by atoms with Crippen molar-refractivity contribution >= 4 is 55.5 Å². The molecule has 1 N–H and O–H groups in total. The van der Waals surface area contributed by atoms with Gasteiger partial charge in [-0.1, -0.05) is 25.3 Å². The van der Waals surface area contributed by atoms with Crippen molar-refractivity contribution in [2.24, 2.45) is 5.92 Å².